The second kappa shape index (κ2) is 10.4. The van der Waals surface area contributed by atoms with E-state index in [9.17, 15) is 9.59 Å². The number of amides is 2. The van der Waals surface area contributed by atoms with E-state index in [1.807, 2.05) is 0 Å². The molecule has 2 amide bonds. The second-order valence-electron chi connectivity index (χ2n) is 6.05. The number of ether oxygens (including phenoxy) is 2. The van der Waals surface area contributed by atoms with Gasteiger partial charge in [0.15, 0.2) is 5.11 Å². The summed E-state index contributed by atoms with van der Waals surface area (Å²) in [6.45, 7) is 0.926. The van der Waals surface area contributed by atoms with Crippen molar-refractivity contribution >= 4 is 34.8 Å². The Morgan fingerprint density at radius 1 is 1.04 bits per heavy atom. The molecule has 28 heavy (non-hydrogen) atoms. The number of hydrogen-bond donors (Lipinski definition) is 2. The van der Waals surface area contributed by atoms with Crippen LogP contribution in [0.25, 0.3) is 0 Å². The number of rotatable bonds is 7. The molecule has 2 N–H and O–H groups in total. The van der Waals surface area contributed by atoms with Crippen molar-refractivity contribution in [2.45, 2.75) is 0 Å². The molecule has 0 unspecified atom stereocenters. The summed E-state index contributed by atoms with van der Waals surface area (Å²) in [6.07, 6.45) is 0. The molecule has 0 fully saturated rings. The highest BCUT2D eigenvalue weighted by atomic mass is 32.1. The SMILES string of the molecule is COCCOc1ccc(C(=O)NC(=S)Nc2cccc(C(=O)N(C)C)c2)cc1. The molecule has 0 radical (unpaired) electrons. The fourth-order valence-corrected chi connectivity index (χ4v) is 2.48. The number of nitrogens with one attached hydrogen (secondary N) is 2. The standard InChI is InChI=1S/C20H23N3O4S/c1-23(2)19(25)15-5-4-6-16(13-15)21-20(28)22-18(24)14-7-9-17(10-8-14)27-12-11-26-3/h4-10,13H,11-12H2,1-3H3,(H2,21,22,24,28). The largest absolute Gasteiger partial charge is 0.491 e. The van der Waals surface area contributed by atoms with E-state index in [4.69, 9.17) is 21.7 Å². The highest BCUT2D eigenvalue weighted by Crippen LogP contribution is 2.13. The number of hydrogen-bond acceptors (Lipinski definition) is 5. The summed E-state index contributed by atoms with van der Waals surface area (Å²) in [5.41, 5.74) is 1.58. The lowest BCUT2D eigenvalue weighted by molar-refractivity contribution is 0.0827. The van der Waals surface area contributed by atoms with Gasteiger partial charge in [-0.3, -0.25) is 14.9 Å². The molecule has 0 heterocycles. The summed E-state index contributed by atoms with van der Waals surface area (Å²) in [5, 5.41) is 5.66. The number of methoxy groups -OCH3 is 1. The van der Waals surface area contributed by atoms with Crippen molar-refractivity contribution in [1.29, 1.82) is 0 Å². The minimum Gasteiger partial charge on any atom is -0.491 e. The van der Waals surface area contributed by atoms with Crippen LogP contribution in [0.2, 0.25) is 0 Å². The summed E-state index contributed by atoms with van der Waals surface area (Å²) < 4.78 is 10.4. The van der Waals surface area contributed by atoms with Crippen LogP contribution in [0.15, 0.2) is 48.5 Å². The molecule has 0 spiro atoms. The zero-order chi connectivity index (χ0) is 20.5. The van der Waals surface area contributed by atoms with Gasteiger partial charge in [-0.1, -0.05) is 6.07 Å². The van der Waals surface area contributed by atoms with Gasteiger partial charge in [0, 0.05) is 38.0 Å². The van der Waals surface area contributed by atoms with E-state index in [-0.39, 0.29) is 16.9 Å². The van der Waals surface area contributed by atoms with Gasteiger partial charge in [0.05, 0.1) is 6.61 Å². The van der Waals surface area contributed by atoms with Crippen LogP contribution in [-0.4, -0.2) is 56.2 Å². The molecular weight excluding hydrogens is 378 g/mol. The number of anilines is 1. The Kier molecular flexibility index (Phi) is 7.91. The van der Waals surface area contributed by atoms with Gasteiger partial charge in [0.25, 0.3) is 11.8 Å². The number of thiocarbonyl (C=S) groups is 1. The topological polar surface area (TPSA) is 79.9 Å². The highest BCUT2D eigenvalue weighted by Gasteiger charge is 2.11. The lowest BCUT2D eigenvalue weighted by Crippen LogP contribution is -2.34. The molecule has 8 heteroatoms. The van der Waals surface area contributed by atoms with Crippen LogP contribution in [0.5, 0.6) is 5.75 Å². The maximum absolute atomic E-state index is 12.3. The van der Waals surface area contributed by atoms with Gasteiger partial charge in [-0.25, -0.2) is 0 Å². The molecule has 0 bridgehead atoms. The molecule has 0 saturated carbocycles. The molecule has 148 valence electrons. The first kappa shape index (κ1) is 21.3. The Morgan fingerprint density at radius 3 is 2.39 bits per heavy atom. The van der Waals surface area contributed by atoms with E-state index < -0.39 is 0 Å². The first-order valence-electron chi connectivity index (χ1n) is 8.56. The lowest BCUT2D eigenvalue weighted by atomic mass is 10.2. The third kappa shape index (κ3) is 6.33. The van der Waals surface area contributed by atoms with Crippen LogP contribution >= 0.6 is 12.2 Å². The van der Waals surface area contributed by atoms with E-state index in [2.05, 4.69) is 10.6 Å². The molecule has 7 nitrogen and oxygen atoms in total. The Balaban J connectivity index is 1.93. The average Bonchev–Trinajstić information content (AvgIpc) is 2.68. The van der Waals surface area contributed by atoms with Gasteiger partial charge in [0.2, 0.25) is 0 Å². The van der Waals surface area contributed by atoms with Crippen LogP contribution in [0, 0.1) is 0 Å². The van der Waals surface area contributed by atoms with Crippen molar-refractivity contribution < 1.29 is 19.1 Å². The molecule has 0 aromatic heterocycles. The van der Waals surface area contributed by atoms with Gasteiger partial charge in [-0.2, -0.15) is 0 Å². The maximum Gasteiger partial charge on any atom is 0.257 e. The van der Waals surface area contributed by atoms with E-state index in [0.717, 1.165) is 0 Å². The van der Waals surface area contributed by atoms with E-state index in [1.165, 1.54) is 4.90 Å². The van der Waals surface area contributed by atoms with Crippen LogP contribution in [0.3, 0.4) is 0 Å². The molecular formula is C20H23N3O4S. The zero-order valence-corrected chi connectivity index (χ0v) is 16.8. The van der Waals surface area contributed by atoms with E-state index in [0.29, 0.717) is 35.8 Å². The van der Waals surface area contributed by atoms with Gasteiger partial charge in [0.1, 0.15) is 12.4 Å². The Labute approximate surface area is 169 Å². The monoisotopic (exact) mass is 401 g/mol. The molecule has 0 aliphatic heterocycles. The van der Waals surface area contributed by atoms with Crippen LogP contribution in [0.1, 0.15) is 20.7 Å². The van der Waals surface area contributed by atoms with Crippen LogP contribution < -0.4 is 15.4 Å². The van der Waals surface area contributed by atoms with Crippen LogP contribution in [0.4, 0.5) is 5.69 Å². The number of nitrogens with zero attached hydrogens (tertiary/aromatic N) is 1. The third-order valence-electron chi connectivity index (χ3n) is 3.67. The predicted molar refractivity (Wildman–Crippen MR) is 112 cm³/mol. The normalized spacial score (nSPS) is 10.1. The Hall–Kier alpha value is -2.97. The summed E-state index contributed by atoms with van der Waals surface area (Å²) in [4.78, 5) is 25.8. The molecule has 2 aromatic rings. The van der Waals surface area contributed by atoms with Crippen molar-refractivity contribution in [1.82, 2.24) is 10.2 Å². The second-order valence-corrected chi connectivity index (χ2v) is 6.46. The molecule has 0 atom stereocenters. The van der Waals surface area contributed by atoms with Gasteiger partial charge < -0.3 is 19.7 Å². The third-order valence-corrected chi connectivity index (χ3v) is 3.88. The van der Waals surface area contributed by atoms with Gasteiger partial charge >= 0.3 is 0 Å². The first-order chi connectivity index (χ1) is 13.4. The van der Waals surface area contributed by atoms with Gasteiger partial charge in [-0.05, 0) is 54.7 Å². The Bertz CT molecular complexity index is 838. The fourth-order valence-electron chi connectivity index (χ4n) is 2.27. The van der Waals surface area contributed by atoms with Crippen molar-refractivity contribution in [3.8, 4) is 5.75 Å². The smallest absolute Gasteiger partial charge is 0.257 e. The number of carbonyl (C=O) groups is 2. The van der Waals surface area contributed by atoms with Crippen molar-refractivity contribution in [3.05, 3.63) is 59.7 Å². The lowest BCUT2D eigenvalue weighted by Gasteiger charge is -2.13. The summed E-state index contributed by atoms with van der Waals surface area (Å²) in [5.74, 6) is 0.185. The molecule has 0 aliphatic carbocycles. The van der Waals surface area contributed by atoms with Crippen LogP contribution in [-0.2, 0) is 4.74 Å². The van der Waals surface area contributed by atoms with E-state index in [1.54, 1.807) is 69.7 Å². The highest BCUT2D eigenvalue weighted by molar-refractivity contribution is 7.80. The summed E-state index contributed by atoms with van der Waals surface area (Å²) in [7, 11) is 4.96. The maximum atomic E-state index is 12.3. The van der Waals surface area contributed by atoms with Crippen molar-refractivity contribution in [2.24, 2.45) is 0 Å². The fraction of sp³-hybridized carbons (Fsp3) is 0.250. The van der Waals surface area contributed by atoms with Crippen molar-refractivity contribution in [3.63, 3.8) is 0 Å². The zero-order valence-electron chi connectivity index (χ0n) is 16.0. The number of carbonyl (C=O) groups excluding carboxylic acids is 2. The molecule has 0 aliphatic rings. The average molecular weight is 401 g/mol. The minimum absolute atomic E-state index is 0.119. The van der Waals surface area contributed by atoms with Gasteiger partial charge in [-0.15, -0.1) is 0 Å². The quantitative estimate of drug-likeness (QED) is 0.548. The first-order valence-corrected chi connectivity index (χ1v) is 8.97. The predicted octanol–water partition coefficient (Wildman–Crippen LogP) is 2.54. The molecule has 2 rings (SSSR count). The molecule has 2 aromatic carbocycles. The summed E-state index contributed by atoms with van der Waals surface area (Å²) in [6, 6.07) is 13.6. The summed E-state index contributed by atoms with van der Waals surface area (Å²) >= 11 is 5.19. The van der Waals surface area contributed by atoms with E-state index >= 15 is 0 Å². The van der Waals surface area contributed by atoms with Crippen molar-refractivity contribution in [2.75, 3.05) is 39.7 Å². The minimum atomic E-state index is -0.346. The number of benzene rings is 2. The molecule has 0 saturated heterocycles. The Morgan fingerprint density at radius 2 is 1.75 bits per heavy atom.